The number of para-hydroxylation sites is 1. The summed E-state index contributed by atoms with van der Waals surface area (Å²) in [4.78, 5) is 12.2. The number of nitrogens with one attached hydrogen (secondary N) is 2. The van der Waals surface area contributed by atoms with Crippen molar-refractivity contribution in [3.63, 3.8) is 0 Å². The Morgan fingerprint density at radius 1 is 0.897 bits per heavy atom. The van der Waals surface area contributed by atoms with Crippen LogP contribution in [0.5, 0.6) is 5.75 Å². The van der Waals surface area contributed by atoms with Gasteiger partial charge in [-0.3, -0.25) is 9.89 Å². The van der Waals surface area contributed by atoms with E-state index in [0.29, 0.717) is 17.0 Å². The zero-order valence-electron chi connectivity index (χ0n) is 15.4. The number of carbonyl (C=O) groups excluding carboxylic acids is 1. The van der Waals surface area contributed by atoms with E-state index in [4.69, 9.17) is 0 Å². The first-order valence-electron chi connectivity index (χ1n) is 9.03. The molecule has 6 heteroatoms. The lowest BCUT2D eigenvalue weighted by Gasteiger charge is -2.02. The molecule has 0 aliphatic heterocycles. The van der Waals surface area contributed by atoms with E-state index in [9.17, 15) is 9.90 Å². The smallest absolute Gasteiger partial charge is 0.289 e. The van der Waals surface area contributed by atoms with Crippen LogP contribution in [0.3, 0.4) is 0 Å². The zero-order chi connectivity index (χ0) is 20.1. The summed E-state index contributed by atoms with van der Waals surface area (Å²) >= 11 is 0. The molecule has 0 spiro atoms. The summed E-state index contributed by atoms with van der Waals surface area (Å²) in [6.07, 6.45) is 1.38. The Labute approximate surface area is 167 Å². The van der Waals surface area contributed by atoms with Gasteiger partial charge in [0.2, 0.25) is 0 Å². The van der Waals surface area contributed by atoms with Crippen LogP contribution in [0, 0.1) is 0 Å². The highest BCUT2D eigenvalue weighted by Gasteiger charge is 2.10. The van der Waals surface area contributed by atoms with E-state index in [-0.39, 0.29) is 5.75 Å². The van der Waals surface area contributed by atoms with Crippen LogP contribution >= 0.6 is 0 Å². The van der Waals surface area contributed by atoms with Gasteiger partial charge >= 0.3 is 0 Å². The van der Waals surface area contributed by atoms with Gasteiger partial charge in [-0.05, 0) is 29.3 Å². The predicted molar refractivity (Wildman–Crippen MR) is 113 cm³/mol. The summed E-state index contributed by atoms with van der Waals surface area (Å²) < 4.78 is 0. The van der Waals surface area contributed by atoms with Crippen LogP contribution in [0.2, 0.25) is 0 Å². The van der Waals surface area contributed by atoms with Crippen LogP contribution in [0.25, 0.3) is 22.4 Å². The van der Waals surface area contributed by atoms with Crippen molar-refractivity contribution in [3.05, 3.63) is 96.2 Å². The Kier molecular flexibility index (Phi) is 5.16. The Balaban J connectivity index is 1.44. The normalized spacial score (nSPS) is 10.9. The van der Waals surface area contributed by atoms with Gasteiger partial charge in [-0.1, -0.05) is 66.7 Å². The molecule has 3 aromatic carbocycles. The molecule has 1 amide bonds. The fraction of sp³-hybridized carbons (Fsp3) is 0. The van der Waals surface area contributed by atoms with Crippen LogP contribution < -0.4 is 5.43 Å². The molecule has 0 fully saturated rings. The number of nitrogens with zero attached hydrogens (tertiary/aromatic N) is 2. The lowest BCUT2D eigenvalue weighted by atomic mass is 10.0. The molecule has 6 nitrogen and oxygen atoms in total. The van der Waals surface area contributed by atoms with Gasteiger partial charge in [0.25, 0.3) is 5.91 Å². The molecule has 0 saturated carbocycles. The van der Waals surface area contributed by atoms with Crippen molar-refractivity contribution in [1.29, 1.82) is 0 Å². The van der Waals surface area contributed by atoms with Crippen LogP contribution in [0.4, 0.5) is 0 Å². The van der Waals surface area contributed by atoms with Crippen molar-refractivity contribution in [2.45, 2.75) is 0 Å². The van der Waals surface area contributed by atoms with Gasteiger partial charge in [-0.25, -0.2) is 5.43 Å². The van der Waals surface area contributed by atoms with Crippen LogP contribution in [-0.4, -0.2) is 27.4 Å². The topological polar surface area (TPSA) is 90.4 Å². The van der Waals surface area contributed by atoms with E-state index in [2.05, 4.69) is 32.9 Å². The second-order valence-corrected chi connectivity index (χ2v) is 6.37. The number of H-pyrrole nitrogens is 1. The van der Waals surface area contributed by atoms with Gasteiger partial charge in [0.15, 0.2) is 0 Å². The summed E-state index contributed by atoms with van der Waals surface area (Å²) in [6.45, 7) is 0. The molecule has 4 rings (SSSR count). The van der Waals surface area contributed by atoms with Crippen molar-refractivity contribution in [3.8, 4) is 28.1 Å². The Morgan fingerprint density at radius 3 is 2.31 bits per heavy atom. The average molecular weight is 382 g/mol. The number of hydrazone groups is 1. The number of amides is 1. The second-order valence-electron chi connectivity index (χ2n) is 6.37. The van der Waals surface area contributed by atoms with Crippen molar-refractivity contribution >= 4 is 12.1 Å². The van der Waals surface area contributed by atoms with Gasteiger partial charge in [-0.2, -0.15) is 10.2 Å². The second kappa shape index (κ2) is 8.22. The standard InChI is InChI=1S/C23H18N4O2/c28-22-9-5-4-8-19(22)15-24-27-23(29)21-14-20(25-26-21)18-12-10-17(11-13-18)16-6-2-1-3-7-16/h1-15,28H,(H,25,26)(H,27,29)/b24-15-. The lowest BCUT2D eigenvalue weighted by molar-refractivity contribution is 0.0950. The van der Waals surface area contributed by atoms with Gasteiger partial charge in [0, 0.05) is 11.1 Å². The van der Waals surface area contributed by atoms with E-state index in [1.807, 2.05) is 42.5 Å². The minimum atomic E-state index is -0.420. The molecular weight excluding hydrogens is 364 g/mol. The predicted octanol–water partition coefficient (Wildman–Crippen LogP) is 4.21. The average Bonchev–Trinajstić information content (AvgIpc) is 3.26. The van der Waals surface area contributed by atoms with E-state index in [1.54, 1.807) is 30.3 Å². The fourth-order valence-corrected chi connectivity index (χ4v) is 2.87. The maximum absolute atomic E-state index is 12.2. The maximum atomic E-state index is 12.2. The Bertz CT molecular complexity index is 1150. The highest BCUT2D eigenvalue weighted by Crippen LogP contribution is 2.24. The Hall–Kier alpha value is -4.19. The zero-order valence-corrected chi connectivity index (χ0v) is 15.4. The molecule has 0 aliphatic carbocycles. The first-order chi connectivity index (χ1) is 14.2. The molecule has 0 radical (unpaired) electrons. The van der Waals surface area contributed by atoms with Crippen molar-refractivity contribution in [2.24, 2.45) is 5.10 Å². The number of carbonyl (C=O) groups is 1. The third kappa shape index (κ3) is 4.22. The number of aromatic amines is 1. The number of benzene rings is 3. The van der Waals surface area contributed by atoms with Gasteiger partial charge < -0.3 is 5.11 Å². The number of hydrogen-bond acceptors (Lipinski definition) is 4. The van der Waals surface area contributed by atoms with Crippen LogP contribution in [0.15, 0.2) is 90.0 Å². The van der Waals surface area contributed by atoms with E-state index < -0.39 is 5.91 Å². The number of rotatable bonds is 5. The molecule has 1 aromatic heterocycles. The quantitative estimate of drug-likeness (QED) is 0.357. The Morgan fingerprint density at radius 2 is 1.55 bits per heavy atom. The summed E-state index contributed by atoms with van der Waals surface area (Å²) in [7, 11) is 0. The number of aromatic nitrogens is 2. The molecule has 0 saturated heterocycles. The minimum absolute atomic E-state index is 0.0910. The molecule has 142 valence electrons. The van der Waals surface area contributed by atoms with Gasteiger partial charge in [-0.15, -0.1) is 0 Å². The van der Waals surface area contributed by atoms with E-state index >= 15 is 0 Å². The highest BCUT2D eigenvalue weighted by atomic mass is 16.3. The molecule has 3 N–H and O–H groups in total. The van der Waals surface area contributed by atoms with Crippen molar-refractivity contribution < 1.29 is 9.90 Å². The third-order valence-corrected chi connectivity index (χ3v) is 4.42. The first kappa shape index (κ1) is 18.2. The third-order valence-electron chi connectivity index (χ3n) is 4.42. The molecule has 0 bridgehead atoms. The molecule has 0 atom stereocenters. The van der Waals surface area contributed by atoms with Crippen LogP contribution in [0.1, 0.15) is 16.1 Å². The molecule has 29 heavy (non-hydrogen) atoms. The highest BCUT2D eigenvalue weighted by molar-refractivity contribution is 5.94. The maximum Gasteiger partial charge on any atom is 0.289 e. The summed E-state index contributed by atoms with van der Waals surface area (Å²) in [6, 6.07) is 26.5. The van der Waals surface area contributed by atoms with E-state index in [0.717, 1.165) is 16.7 Å². The van der Waals surface area contributed by atoms with E-state index in [1.165, 1.54) is 6.21 Å². The number of phenols is 1. The molecule has 1 heterocycles. The molecule has 0 unspecified atom stereocenters. The number of phenolic OH excluding ortho intramolecular Hbond substituents is 1. The molecule has 0 aliphatic rings. The summed E-state index contributed by atoms with van der Waals surface area (Å²) in [5.74, 6) is -0.329. The SMILES string of the molecule is O=C(N/N=C\c1ccccc1O)c1cc(-c2ccc(-c3ccccc3)cc2)n[nH]1. The first-order valence-corrected chi connectivity index (χ1v) is 9.03. The fourth-order valence-electron chi connectivity index (χ4n) is 2.87. The summed E-state index contributed by atoms with van der Waals surface area (Å²) in [5, 5.41) is 20.5. The largest absolute Gasteiger partial charge is 0.507 e. The number of hydrogen-bond donors (Lipinski definition) is 3. The number of aromatic hydroxyl groups is 1. The minimum Gasteiger partial charge on any atom is -0.507 e. The van der Waals surface area contributed by atoms with Crippen molar-refractivity contribution in [2.75, 3.05) is 0 Å². The summed E-state index contributed by atoms with van der Waals surface area (Å²) in [5.41, 5.74) is 7.04. The van der Waals surface area contributed by atoms with Gasteiger partial charge in [0.1, 0.15) is 11.4 Å². The molecule has 4 aromatic rings. The lowest BCUT2D eigenvalue weighted by Crippen LogP contribution is -2.18. The van der Waals surface area contributed by atoms with Crippen LogP contribution in [-0.2, 0) is 0 Å². The van der Waals surface area contributed by atoms with Crippen molar-refractivity contribution in [1.82, 2.24) is 15.6 Å². The monoisotopic (exact) mass is 382 g/mol. The molecular formula is C23H18N4O2. The van der Waals surface area contributed by atoms with Gasteiger partial charge in [0.05, 0.1) is 11.9 Å².